The first-order valence-electron chi connectivity index (χ1n) is 36.6. The molecule has 0 saturated heterocycles. The van der Waals surface area contributed by atoms with E-state index < -0.39 is 103 Å². The van der Waals surface area contributed by atoms with Crippen LogP contribution in [0.5, 0.6) is 0 Å². The predicted octanol–water partition coefficient (Wildman–Crippen LogP) is 19.6. The van der Waals surface area contributed by atoms with Gasteiger partial charge in [-0.2, -0.15) is 0 Å². The number of hydrogen-bond donors (Lipinski definition) is 0. The third-order valence-corrected chi connectivity index (χ3v) is 17.1. The second-order valence-electron chi connectivity index (χ2n) is 24.2. The van der Waals surface area contributed by atoms with Gasteiger partial charge in [0.1, 0.15) is 0 Å². The van der Waals surface area contributed by atoms with Gasteiger partial charge in [-0.05, 0) is 145 Å². The van der Waals surface area contributed by atoms with Gasteiger partial charge in [0, 0.05) is 66.9 Å². The van der Waals surface area contributed by atoms with E-state index in [1.54, 1.807) is 0 Å². The number of rotatable bonds is 7. The van der Waals surface area contributed by atoms with Crippen LogP contribution in [0.4, 0.5) is 34.1 Å². The SMILES string of the molecule is [2H]c1c([2H])c([2H])c2c(c1[2H])c1c([2H])c([2H])c([2H])c([2H])c1n2-c1ccc2c(c1)N(c1ccc(-c3cc(C(C)(C)C)cc(C(C)(C)C)c3)cc1)c1cc(-c3ccccc3)cc3c1B2c1ccc(-n2c4c([2H])c([2H])c([2H])c([2H])c4c4c([2H])c([2H])c([2H])c([2H])c42)cc1N3c1ccccc1-c1ccccc1. The maximum absolute atomic E-state index is 9.60. The minimum Gasteiger partial charge on any atom is -0.311 e. The second-order valence-corrected chi connectivity index (χ2v) is 24.2. The first kappa shape index (κ1) is 36.5. The Morgan fingerprint density at radius 1 is 0.318 bits per heavy atom. The predicted molar refractivity (Wildman–Crippen MR) is 363 cm³/mol. The van der Waals surface area contributed by atoms with Crippen molar-refractivity contribution in [3.8, 4) is 44.8 Å². The second kappa shape index (κ2) is 19.2. The zero-order chi connectivity index (χ0) is 71.2. The molecule has 4 nitrogen and oxygen atoms in total. The van der Waals surface area contributed by atoms with E-state index in [9.17, 15) is 11.0 Å². The van der Waals surface area contributed by atoms with Crippen LogP contribution in [0.2, 0.25) is 0 Å². The summed E-state index contributed by atoms with van der Waals surface area (Å²) in [6.07, 6.45) is 0. The molecule has 2 aromatic heterocycles. The van der Waals surface area contributed by atoms with Crippen molar-refractivity contribution in [3.05, 3.63) is 284 Å². The Hall–Kier alpha value is -10.1. The van der Waals surface area contributed by atoms with Gasteiger partial charge in [0.25, 0.3) is 6.71 Å². The summed E-state index contributed by atoms with van der Waals surface area (Å²) in [5.74, 6) is 0. The fourth-order valence-corrected chi connectivity index (χ4v) is 12.9. The summed E-state index contributed by atoms with van der Waals surface area (Å²) in [6, 6.07) is 51.2. The number of benzene rings is 12. The molecule has 0 N–H and O–H groups in total. The summed E-state index contributed by atoms with van der Waals surface area (Å²) in [6.45, 7) is 12.6. The topological polar surface area (TPSA) is 16.3 Å². The standard InChI is InChI=1S/C80H63BN4/c1-79(2,3)57-45-55(46-58(49-57)80(4,5)6)53-37-39-59(40-38-53)82-74-50-60(83-70-33-19-14-28-63(70)64-29-15-20-34-71(64)83)41-43-67(74)81-68-44-42-61(84-72-35-21-16-30-65(72)66-31-17-22-36-73(66)84)51-75(68)85(69-32-18-13-27-62(69)54-25-11-8-12-26-54)77-48-56(47-76(82)78(77)81)52-23-9-7-10-24-52/h7-51H,1-6H3/i14D,15D,16D,17D,19D,20D,21D,22D,28D,29D,30D,31D,33D,34D,35D,36D. The molecule has 0 saturated carbocycles. The number of fused-ring (bicyclic) bond motifs is 10. The van der Waals surface area contributed by atoms with Crippen molar-refractivity contribution >= 4 is 101 Å². The Bertz CT molecular complexity index is 5770. The lowest BCUT2D eigenvalue weighted by molar-refractivity contribution is 0.569. The Labute approximate surface area is 520 Å². The van der Waals surface area contributed by atoms with Crippen LogP contribution in [-0.4, -0.2) is 15.8 Å². The van der Waals surface area contributed by atoms with Crippen molar-refractivity contribution in [2.24, 2.45) is 0 Å². The van der Waals surface area contributed by atoms with Gasteiger partial charge in [0.15, 0.2) is 0 Å². The fraction of sp³-hybridized carbons (Fsp3) is 0.100. The molecule has 406 valence electrons. The lowest BCUT2D eigenvalue weighted by Crippen LogP contribution is -2.61. The number of anilines is 6. The van der Waals surface area contributed by atoms with Crippen LogP contribution in [0.25, 0.3) is 88.4 Å². The van der Waals surface area contributed by atoms with Gasteiger partial charge < -0.3 is 18.9 Å². The van der Waals surface area contributed by atoms with Crippen LogP contribution in [0.1, 0.15) is 74.6 Å². The van der Waals surface area contributed by atoms with Crippen LogP contribution in [-0.2, 0) is 10.8 Å². The van der Waals surface area contributed by atoms with Gasteiger partial charge >= 0.3 is 0 Å². The zero-order valence-electron chi connectivity index (χ0n) is 63.6. The Kier molecular flexibility index (Phi) is 8.25. The molecule has 85 heavy (non-hydrogen) atoms. The molecule has 14 aromatic rings. The van der Waals surface area contributed by atoms with E-state index in [2.05, 4.69) is 118 Å². The third kappa shape index (κ3) is 8.12. The van der Waals surface area contributed by atoms with Gasteiger partial charge in [-0.25, -0.2) is 0 Å². The van der Waals surface area contributed by atoms with E-state index >= 15 is 0 Å². The Morgan fingerprint density at radius 3 is 1.21 bits per heavy atom. The largest absolute Gasteiger partial charge is 0.311 e. The Morgan fingerprint density at radius 2 is 0.718 bits per heavy atom. The number of hydrogen-bond acceptors (Lipinski definition) is 2. The van der Waals surface area contributed by atoms with Crippen LogP contribution >= 0.6 is 0 Å². The monoisotopic (exact) mass is 1110 g/mol. The smallest absolute Gasteiger partial charge is 0.252 e. The number of para-hydroxylation sites is 5. The zero-order valence-corrected chi connectivity index (χ0v) is 47.6. The van der Waals surface area contributed by atoms with E-state index in [-0.39, 0.29) is 54.4 Å². The van der Waals surface area contributed by atoms with Crippen molar-refractivity contribution < 1.29 is 21.9 Å². The average Bonchev–Trinajstić information content (AvgIpc) is 1.68. The highest BCUT2D eigenvalue weighted by Gasteiger charge is 2.44. The molecule has 2 aliphatic rings. The molecule has 16 rings (SSSR count). The number of nitrogens with zero attached hydrogens (tertiary/aromatic N) is 4. The molecule has 0 fully saturated rings. The molecule has 0 bridgehead atoms. The summed E-state index contributed by atoms with van der Waals surface area (Å²) in [7, 11) is 0. The summed E-state index contributed by atoms with van der Waals surface area (Å²) >= 11 is 0. The highest BCUT2D eigenvalue weighted by molar-refractivity contribution is 7.00. The van der Waals surface area contributed by atoms with Crippen molar-refractivity contribution in [2.45, 2.75) is 52.4 Å². The summed E-state index contributed by atoms with van der Waals surface area (Å²) in [5, 5.41) is -0.231. The van der Waals surface area contributed by atoms with Crippen molar-refractivity contribution in [2.75, 3.05) is 9.80 Å². The van der Waals surface area contributed by atoms with Gasteiger partial charge in [-0.1, -0.05) is 235 Å². The molecule has 0 radical (unpaired) electrons. The van der Waals surface area contributed by atoms with E-state index in [1.807, 2.05) is 109 Å². The first-order valence-corrected chi connectivity index (χ1v) is 28.6. The van der Waals surface area contributed by atoms with Gasteiger partial charge in [0.2, 0.25) is 0 Å². The Balaban J connectivity index is 1.05. The molecule has 0 unspecified atom stereocenters. The molecule has 4 heterocycles. The lowest BCUT2D eigenvalue weighted by atomic mass is 9.33. The number of aromatic nitrogens is 2. The van der Waals surface area contributed by atoms with Crippen molar-refractivity contribution in [1.29, 1.82) is 0 Å². The minimum atomic E-state index is -0.662. The van der Waals surface area contributed by atoms with Crippen LogP contribution in [0.3, 0.4) is 0 Å². The first-order chi connectivity index (χ1) is 48.1. The minimum absolute atomic E-state index is 0.0335. The van der Waals surface area contributed by atoms with E-state index in [1.165, 1.54) is 20.3 Å². The molecule has 0 spiro atoms. The van der Waals surface area contributed by atoms with Crippen LogP contribution in [0, 0.1) is 0 Å². The fourth-order valence-electron chi connectivity index (χ4n) is 12.9. The molecule has 2 aliphatic heterocycles. The average molecular weight is 1110 g/mol. The molecular formula is C80H63BN4. The highest BCUT2D eigenvalue weighted by Crippen LogP contribution is 2.50. The summed E-state index contributed by atoms with van der Waals surface area (Å²) < 4.78 is 151. The van der Waals surface area contributed by atoms with Gasteiger partial charge in [0.05, 0.1) is 49.7 Å². The normalized spacial score (nSPS) is 15.6. The third-order valence-electron chi connectivity index (χ3n) is 17.1. The van der Waals surface area contributed by atoms with Crippen molar-refractivity contribution in [3.63, 3.8) is 0 Å². The van der Waals surface area contributed by atoms with Gasteiger partial charge in [-0.3, -0.25) is 0 Å². The lowest BCUT2D eigenvalue weighted by Gasteiger charge is -2.45. The van der Waals surface area contributed by atoms with E-state index in [4.69, 9.17) is 11.0 Å². The van der Waals surface area contributed by atoms with Crippen LogP contribution in [0.15, 0.2) is 273 Å². The van der Waals surface area contributed by atoms with E-state index in [0.717, 1.165) is 72.5 Å². The summed E-state index contributed by atoms with van der Waals surface area (Å²) in [5.41, 5.74) is 14.7. The molecule has 0 amide bonds. The molecular weight excluding hydrogens is 1030 g/mol. The summed E-state index contributed by atoms with van der Waals surface area (Å²) in [4.78, 5) is 4.42. The highest BCUT2D eigenvalue weighted by atomic mass is 15.2. The van der Waals surface area contributed by atoms with E-state index in [0.29, 0.717) is 22.7 Å². The quantitative estimate of drug-likeness (QED) is 0.148. The van der Waals surface area contributed by atoms with Gasteiger partial charge in [-0.15, -0.1) is 0 Å². The molecule has 12 aromatic carbocycles. The molecule has 0 aliphatic carbocycles. The van der Waals surface area contributed by atoms with Crippen molar-refractivity contribution in [1.82, 2.24) is 9.13 Å². The van der Waals surface area contributed by atoms with Crippen LogP contribution < -0.4 is 26.2 Å². The maximum Gasteiger partial charge on any atom is 0.252 e. The maximum atomic E-state index is 9.60. The molecule has 5 heteroatoms. The molecule has 0 atom stereocenters.